The van der Waals surface area contributed by atoms with E-state index in [-0.39, 0.29) is 18.1 Å². The maximum Gasteiger partial charge on any atom is 0.313 e. The molecule has 0 radical (unpaired) electrons. The largest absolute Gasteiger partial charge is 0.497 e. The van der Waals surface area contributed by atoms with Crippen molar-refractivity contribution in [2.24, 2.45) is 10.8 Å². The van der Waals surface area contributed by atoms with Crippen LogP contribution in [-0.4, -0.2) is 106 Å². The van der Waals surface area contributed by atoms with Crippen LogP contribution in [-0.2, 0) is 29.6 Å². The highest BCUT2D eigenvalue weighted by Crippen LogP contribution is 2.31. The molecule has 1 aromatic carbocycles. The fraction of sp³-hybridized carbons (Fsp3) is 0.719. The summed E-state index contributed by atoms with van der Waals surface area (Å²) in [6.07, 6.45) is 4.30. The fourth-order valence-corrected chi connectivity index (χ4v) is 5.29. The van der Waals surface area contributed by atoms with Gasteiger partial charge in [-0.3, -0.25) is 17.8 Å². The van der Waals surface area contributed by atoms with E-state index in [9.17, 15) is 4.79 Å². The average molecular weight is 608 g/mol. The molecule has 0 aliphatic carbocycles. The zero-order chi connectivity index (χ0) is 31.0. The fourth-order valence-electron chi connectivity index (χ4n) is 4.43. The third kappa shape index (κ3) is 9.59. The molecule has 0 saturated carbocycles. The van der Waals surface area contributed by atoms with Crippen molar-refractivity contribution in [1.29, 1.82) is 0 Å². The molecule has 4 rings (SSSR count). The van der Waals surface area contributed by atoms with Crippen LogP contribution in [0.2, 0.25) is 0 Å². The van der Waals surface area contributed by atoms with Gasteiger partial charge >= 0.3 is 5.97 Å². The number of ether oxygens (including phenoxy) is 4. The molecule has 42 heavy (non-hydrogen) atoms. The van der Waals surface area contributed by atoms with Crippen molar-refractivity contribution in [3.63, 3.8) is 0 Å². The second-order valence-corrected chi connectivity index (χ2v) is 14.2. The van der Waals surface area contributed by atoms with Crippen molar-refractivity contribution < 1.29 is 27.9 Å². The van der Waals surface area contributed by atoms with E-state index in [0.717, 1.165) is 30.8 Å². The van der Waals surface area contributed by atoms with Crippen LogP contribution in [0.1, 0.15) is 53.5 Å². The zero-order valence-corrected chi connectivity index (χ0v) is 28.1. The molecule has 0 amide bonds. The van der Waals surface area contributed by atoms with E-state index < -0.39 is 5.41 Å². The summed E-state index contributed by atoms with van der Waals surface area (Å²) in [6.45, 7) is 18.4. The van der Waals surface area contributed by atoms with E-state index in [2.05, 4.69) is 63.9 Å². The van der Waals surface area contributed by atoms with Gasteiger partial charge in [0.2, 0.25) is 0 Å². The van der Waals surface area contributed by atoms with Gasteiger partial charge in [-0.2, -0.15) is 0 Å². The molecule has 0 unspecified atom stereocenters. The maximum absolute atomic E-state index is 12.8. The number of hydrogen-bond donors (Lipinski definition) is 0. The van der Waals surface area contributed by atoms with Crippen molar-refractivity contribution in [2.75, 3.05) is 80.5 Å². The van der Waals surface area contributed by atoms with Gasteiger partial charge in [-0.1, -0.05) is 34.1 Å². The number of fused-ring (bicyclic) bond motifs is 1. The van der Waals surface area contributed by atoms with Crippen molar-refractivity contribution in [2.45, 2.75) is 59.9 Å². The van der Waals surface area contributed by atoms with Gasteiger partial charge < -0.3 is 23.8 Å². The van der Waals surface area contributed by atoms with Gasteiger partial charge in [0.05, 0.1) is 56.6 Å². The standard InChI is InChI=1S/C26H39N3O6S.C6H14/c1-25(2,24(30)34-13-11-28-10-12-32-17-26(28)18-33-19-26)16-35-36-29-15-20(8-9-27(3)4)22-7-6-21(31-5)14-23(22)29;1-5-6(2,3)4/h6-7,14-15H,8-13,16-19H2,1-5H3;5H2,1-4H3. The minimum absolute atomic E-state index is 0.0481. The average Bonchev–Trinajstić information content (AvgIpc) is 3.27. The highest BCUT2D eigenvalue weighted by atomic mass is 32.2. The Kier molecular flexibility index (Phi) is 12.6. The Hall–Kier alpha value is -1.82. The van der Waals surface area contributed by atoms with Gasteiger partial charge in [0.1, 0.15) is 24.6 Å². The van der Waals surface area contributed by atoms with E-state index >= 15 is 0 Å². The van der Waals surface area contributed by atoms with Gasteiger partial charge in [0, 0.05) is 37.3 Å². The van der Waals surface area contributed by atoms with E-state index in [1.165, 1.54) is 29.6 Å². The number of morpholine rings is 1. The van der Waals surface area contributed by atoms with Gasteiger partial charge in [0.15, 0.2) is 0 Å². The number of methoxy groups -OCH3 is 1. The first-order valence-corrected chi connectivity index (χ1v) is 15.7. The Morgan fingerprint density at radius 1 is 1.12 bits per heavy atom. The van der Waals surface area contributed by atoms with E-state index in [1.807, 2.05) is 30.0 Å². The number of aromatic nitrogens is 1. The summed E-state index contributed by atoms with van der Waals surface area (Å²) in [4.78, 5) is 17.3. The summed E-state index contributed by atoms with van der Waals surface area (Å²) in [5, 5.41) is 1.17. The molecule has 1 spiro atoms. The minimum atomic E-state index is -0.774. The van der Waals surface area contributed by atoms with Gasteiger partial charge in [-0.05, 0) is 57.5 Å². The summed E-state index contributed by atoms with van der Waals surface area (Å²) < 4.78 is 30.1. The van der Waals surface area contributed by atoms with Crippen molar-refractivity contribution >= 4 is 29.1 Å². The lowest BCUT2D eigenvalue weighted by molar-refractivity contribution is -0.200. The van der Waals surface area contributed by atoms with Crippen LogP contribution in [0.25, 0.3) is 10.9 Å². The number of likely N-dealkylation sites (N-methyl/N-ethyl adjacent to an activating group) is 1. The molecule has 0 bridgehead atoms. The monoisotopic (exact) mass is 607 g/mol. The Morgan fingerprint density at radius 3 is 2.40 bits per heavy atom. The lowest BCUT2D eigenvalue weighted by Crippen LogP contribution is -2.68. The second kappa shape index (κ2) is 15.3. The Balaban J connectivity index is 0.000000730. The van der Waals surface area contributed by atoms with Crippen LogP contribution < -0.4 is 4.74 Å². The van der Waals surface area contributed by atoms with Crippen molar-refractivity contribution in [3.8, 4) is 5.75 Å². The predicted octanol–water partition coefficient (Wildman–Crippen LogP) is 5.30. The molecule has 2 aliphatic heterocycles. The van der Waals surface area contributed by atoms with E-state index in [0.29, 0.717) is 45.0 Å². The Morgan fingerprint density at radius 2 is 1.81 bits per heavy atom. The second-order valence-electron chi connectivity index (χ2n) is 13.4. The molecule has 1 aromatic heterocycles. The molecular formula is C32H53N3O6S. The summed E-state index contributed by atoms with van der Waals surface area (Å²) in [7, 11) is 5.81. The van der Waals surface area contributed by atoms with Crippen LogP contribution in [0.5, 0.6) is 5.75 Å². The number of nitrogens with zero attached hydrogens (tertiary/aromatic N) is 3. The zero-order valence-electron chi connectivity index (χ0n) is 27.3. The first kappa shape index (κ1) is 34.7. The first-order chi connectivity index (χ1) is 19.8. The molecule has 238 valence electrons. The Labute approximate surface area is 257 Å². The molecule has 10 heteroatoms. The maximum atomic E-state index is 12.8. The topological polar surface area (TPSA) is 74.6 Å². The number of benzene rings is 1. The SMILES string of the molecule is CCC(C)(C)C.COc1ccc2c(CCN(C)C)cn(SOCC(C)(C)C(=O)OCCN3CCOCC34COC4)c2c1. The van der Waals surface area contributed by atoms with Crippen LogP contribution in [0.15, 0.2) is 24.4 Å². The number of carbonyl (C=O) groups excluding carboxylic acids is 1. The molecule has 9 nitrogen and oxygen atoms in total. The summed E-state index contributed by atoms with van der Waals surface area (Å²) in [5.41, 5.74) is 1.98. The van der Waals surface area contributed by atoms with Gasteiger partial charge in [-0.25, -0.2) is 0 Å². The predicted molar refractivity (Wildman–Crippen MR) is 170 cm³/mol. The quantitative estimate of drug-likeness (QED) is 0.236. The molecule has 0 atom stereocenters. The van der Waals surface area contributed by atoms with E-state index in [1.54, 1.807) is 7.11 Å². The van der Waals surface area contributed by atoms with Crippen molar-refractivity contribution in [3.05, 3.63) is 30.0 Å². The first-order valence-electron chi connectivity index (χ1n) is 15.0. The highest BCUT2D eigenvalue weighted by Gasteiger charge is 2.46. The summed E-state index contributed by atoms with van der Waals surface area (Å²) in [5.74, 6) is 0.530. The third-order valence-corrected chi connectivity index (χ3v) is 8.62. The summed E-state index contributed by atoms with van der Waals surface area (Å²) >= 11 is 1.23. The molecule has 2 saturated heterocycles. The van der Waals surface area contributed by atoms with Crippen LogP contribution >= 0.6 is 12.2 Å². The van der Waals surface area contributed by atoms with E-state index in [4.69, 9.17) is 23.1 Å². The van der Waals surface area contributed by atoms with Crippen LogP contribution in [0.4, 0.5) is 0 Å². The number of hydrogen-bond acceptors (Lipinski definition) is 9. The smallest absolute Gasteiger partial charge is 0.313 e. The molecule has 3 heterocycles. The molecule has 2 aliphatic rings. The molecule has 0 N–H and O–H groups in total. The van der Waals surface area contributed by atoms with Gasteiger partial charge in [0.25, 0.3) is 0 Å². The Bertz CT molecular complexity index is 1140. The molecular weight excluding hydrogens is 554 g/mol. The number of rotatable bonds is 12. The molecule has 2 aromatic rings. The lowest BCUT2D eigenvalue weighted by Gasteiger charge is -2.51. The normalized spacial score (nSPS) is 17.2. The van der Waals surface area contributed by atoms with Crippen LogP contribution in [0, 0.1) is 10.8 Å². The van der Waals surface area contributed by atoms with Gasteiger partial charge in [-0.15, -0.1) is 0 Å². The number of esters is 1. The lowest BCUT2D eigenvalue weighted by atomic mass is 9.94. The van der Waals surface area contributed by atoms with Crippen molar-refractivity contribution in [1.82, 2.24) is 13.8 Å². The summed E-state index contributed by atoms with van der Waals surface area (Å²) in [6, 6.07) is 6.08. The highest BCUT2D eigenvalue weighted by molar-refractivity contribution is 7.93. The van der Waals surface area contributed by atoms with Crippen LogP contribution in [0.3, 0.4) is 0 Å². The minimum Gasteiger partial charge on any atom is -0.497 e. The number of carbonyl (C=O) groups is 1. The third-order valence-electron chi connectivity index (χ3n) is 7.94. The molecule has 2 fully saturated rings.